The Balaban J connectivity index is 1.95. The fourth-order valence-electron chi connectivity index (χ4n) is 5.92. The number of benzene rings is 2. The molecule has 0 aromatic heterocycles. The number of likely N-dealkylation sites (N-methyl/N-ethyl adjacent to an activating group) is 1. The summed E-state index contributed by atoms with van der Waals surface area (Å²) in [5.74, 6) is -1.22. The summed E-state index contributed by atoms with van der Waals surface area (Å²) in [5.41, 5.74) is 7.56. The van der Waals surface area contributed by atoms with Crippen molar-refractivity contribution < 1.29 is 19.1 Å². The Morgan fingerprint density at radius 2 is 1.78 bits per heavy atom. The summed E-state index contributed by atoms with van der Waals surface area (Å²) in [4.78, 5) is 45.5. The van der Waals surface area contributed by atoms with E-state index in [2.05, 4.69) is 31.9 Å². The number of esters is 1. The van der Waals surface area contributed by atoms with E-state index in [-0.39, 0.29) is 35.6 Å². The van der Waals surface area contributed by atoms with E-state index < -0.39 is 17.3 Å². The maximum atomic E-state index is 14.3. The highest BCUT2D eigenvalue weighted by molar-refractivity contribution is 9.11. The first-order valence-electron chi connectivity index (χ1n) is 12.0. The molecule has 2 heterocycles. The van der Waals surface area contributed by atoms with E-state index in [1.54, 1.807) is 31.0 Å². The number of hydrogen-bond donors (Lipinski definition) is 1. The standard InChI is InChI=1S/C28H27Br2N3O4/c1-5-37-25(35)23-24(31)33(19-11-10-15(29)12-17(19)30)20-13-27(2,3)14-21(34)22(20)28(23)16-8-6-7-9-18(16)32(4)26(28)36/h6-12H,5,13-14,31H2,1-4H3. The monoisotopic (exact) mass is 627 g/mol. The topological polar surface area (TPSA) is 92.9 Å². The molecule has 0 saturated heterocycles. The van der Waals surface area contributed by atoms with E-state index in [0.29, 0.717) is 39.1 Å². The van der Waals surface area contributed by atoms with Crippen molar-refractivity contribution in [1.29, 1.82) is 0 Å². The fourth-order valence-corrected chi connectivity index (χ4v) is 7.14. The van der Waals surface area contributed by atoms with Gasteiger partial charge in [-0.15, -0.1) is 0 Å². The molecule has 9 heteroatoms. The molecule has 1 unspecified atom stereocenters. The van der Waals surface area contributed by atoms with E-state index >= 15 is 0 Å². The molecule has 0 fully saturated rings. The maximum Gasteiger partial charge on any atom is 0.339 e. The molecule has 192 valence electrons. The quantitative estimate of drug-likeness (QED) is 0.463. The number of halogens is 2. The van der Waals surface area contributed by atoms with Gasteiger partial charge >= 0.3 is 5.97 Å². The second kappa shape index (κ2) is 8.84. The van der Waals surface area contributed by atoms with Crippen LogP contribution in [0.2, 0.25) is 0 Å². The van der Waals surface area contributed by atoms with Gasteiger partial charge in [-0.05, 0) is 59.0 Å². The van der Waals surface area contributed by atoms with Crippen LogP contribution < -0.4 is 15.5 Å². The van der Waals surface area contributed by atoms with Crippen molar-refractivity contribution in [3.8, 4) is 0 Å². The normalized spacial score (nSPS) is 22.5. The molecule has 0 saturated carbocycles. The zero-order chi connectivity index (χ0) is 26.9. The number of para-hydroxylation sites is 1. The Morgan fingerprint density at radius 1 is 1.08 bits per heavy atom. The fraction of sp³-hybridized carbons (Fsp3) is 0.321. The lowest BCUT2D eigenvalue weighted by Crippen LogP contribution is -2.55. The number of ketones is 1. The average molecular weight is 629 g/mol. The van der Waals surface area contributed by atoms with Gasteiger partial charge in [0, 0.05) is 44.9 Å². The van der Waals surface area contributed by atoms with Crippen molar-refractivity contribution in [3.63, 3.8) is 0 Å². The number of amides is 1. The Labute approximate surface area is 232 Å². The number of hydrogen-bond acceptors (Lipinski definition) is 6. The van der Waals surface area contributed by atoms with E-state index in [9.17, 15) is 14.4 Å². The van der Waals surface area contributed by atoms with E-state index in [0.717, 1.165) is 4.47 Å². The van der Waals surface area contributed by atoms with E-state index in [1.807, 2.05) is 44.2 Å². The Morgan fingerprint density at radius 3 is 2.46 bits per heavy atom. The molecule has 2 aliphatic heterocycles. The minimum atomic E-state index is -1.69. The number of ether oxygens (including phenoxy) is 1. The zero-order valence-electron chi connectivity index (χ0n) is 21.0. The second-order valence-corrected chi connectivity index (χ2v) is 12.1. The number of nitrogens with zero attached hydrogens (tertiary/aromatic N) is 2. The zero-order valence-corrected chi connectivity index (χ0v) is 24.2. The lowest BCUT2D eigenvalue weighted by molar-refractivity contribution is -0.140. The van der Waals surface area contributed by atoms with Gasteiger partial charge in [0.1, 0.15) is 16.8 Å². The summed E-state index contributed by atoms with van der Waals surface area (Å²) >= 11 is 7.12. The third kappa shape index (κ3) is 3.61. The molecule has 1 atom stereocenters. The van der Waals surface area contributed by atoms with Crippen LogP contribution in [0.4, 0.5) is 11.4 Å². The highest BCUT2D eigenvalue weighted by Crippen LogP contribution is 2.59. The first kappa shape index (κ1) is 25.7. The number of rotatable bonds is 3. The van der Waals surface area contributed by atoms with Crippen molar-refractivity contribution in [2.45, 2.75) is 39.0 Å². The molecule has 0 bridgehead atoms. The highest BCUT2D eigenvalue weighted by Gasteiger charge is 2.64. The van der Waals surface area contributed by atoms with Gasteiger partial charge in [0.15, 0.2) is 5.78 Å². The lowest BCUT2D eigenvalue weighted by atomic mass is 9.60. The van der Waals surface area contributed by atoms with Crippen molar-refractivity contribution in [3.05, 3.63) is 79.6 Å². The summed E-state index contributed by atoms with van der Waals surface area (Å²) in [5, 5.41) is 0. The van der Waals surface area contributed by atoms with Crippen LogP contribution in [-0.2, 0) is 24.5 Å². The van der Waals surface area contributed by atoms with Crippen molar-refractivity contribution in [2.75, 3.05) is 23.5 Å². The summed E-state index contributed by atoms with van der Waals surface area (Å²) in [7, 11) is 1.66. The van der Waals surface area contributed by atoms with Gasteiger partial charge in [0.05, 0.1) is 12.3 Å². The molecule has 1 amide bonds. The molecule has 2 N–H and O–H groups in total. The molecule has 2 aromatic rings. The van der Waals surface area contributed by atoms with Gasteiger partial charge in [0.25, 0.3) is 0 Å². The maximum absolute atomic E-state index is 14.3. The summed E-state index contributed by atoms with van der Waals surface area (Å²) in [6.45, 7) is 5.83. The van der Waals surface area contributed by atoms with Gasteiger partial charge in [-0.25, -0.2) is 4.79 Å². The number of anilines is 2. The average Bonchev–Trinajstić information content (AvgIpc) is 3.02. The molecule has 3 aliphatic rings. The van der Waals surface area contributed by atoms with Crippen LogP contribution >= 0.6 is 31.9 Å². The first-order valence-corrected chi connectivity index (χ1v) is 13.6. The molecule has 0 radical (unpaired) electrons. The Bertz CT molecular complexity index is 1440. The predicted molar refractivity (Wildman–Crippen MR) is 149 cm³/mol. The van der Waals surface area contributed by atoms with Gasteiger partial charge < -0.3 is 15.4 Å². The summed E-state index contributed by atoms with van der Waals surface area (Å²) in [6, 6.07) is 12.8. The Hall–Kier alpha value is -2.91. The van der Waals surface area contributed by atoms with Gasteiger partial charge in [-0.2, -0.15) is 0 Å². The molecule has 1 spiro atoms. The van der Waals surface area contributed by atoms with Gasteiger partial charge in [-0.3, -0.25) is 14.5 Å². The summed E-state index contributed by atoms with van der Waals surface area (Å²) < 4.78 is 7.06. The number of allylic oxidation sites excluding steroid dienone is 1. The molecule has 2 aromatic carbocycles. The second-order valence-electron chi connectivity index (χ2n) is 10.3. The van der Waals surface area contributed by atoms with Crippen molar-refractivity contribution in [1.82, 2.24) is 0 Å². The molecular weight excluding hydrogens is 602 g/mol. The highest BCUT2D eigenvalue weighted by atomic mass is 79.9. The minimum absolute atomic E-state index is 0.0298. The number of carbonyl (C=O) groups excluding carboxylic acids is 3. The van der Waals surface area contributed by atoms with Crippen LogP contribution in [0.5, 0.6) is 0 Å². The van der Waals surface area contributed by atoms with Gasteiger partial charge in [0.2, 0.25) is 5.91 Å². The smallest absolute Gasteiger partial charge is 0.339 e. The predicted octanol–water partition coefficient (Wildman–Crippen LogP) is 5.32. The van der Waals surface area contributed by atoms with Crippen LogP contribution in [0, 0.1) is 5.41 Å². The number of Topliss-reactive ketones (excluding diaryl/α,β-unsaturated/α-hetero) is 1. The SMILES string of the molecule is CCOC(=O)C1=C(N)N(c2ccc(Br)cc2Br)C2=C(C(=O)CC(C)(C)C2)C12C(=O)N(C)c1ccccc12. The number of fused-ring (bicyclic) bond motifs is 3. The van der Waals surface area contributed by atoms with Crippen LogP contribution in [0.25, 0.3) is 0 Å². The third-order valence-corrected chi connectivity index (χ3v) is 8.42. The number of nitrogens with two attached hydrogens (primary N) is 1. The van der Waals surface area contributed by atoms with Crippen LogP contribution in [0.1, 0.15) is 39.2 Å². The lowest BCUT2D eigenvalue weighted by Gasteiger charge is -2.47. The van der Waals surface area contributed by atoms with Crippen LogP contribution in [-0.4, -0.2) is 31.3 Å². The van der Waals surface area contributed by atoms with E-state index in [4.69, 9.17) is 10.5 Å². The van der Waals surface area contributed by atoms with Crippen molar-refractivity contribution >= 4 is 60.9 Å². The molecule has 7 nitrogen and oxygen atoms in total. The molecule has 1 aliphatic carbocycles. The van der Waals surface area contributed by atoms with Crippen LogP contribution in [0.3, 0.4) is 0 Å². The molecule has 5 rings (SSSR count). The Kier molecular flexibility index (Phi) is 6.15. The first-order chi connectivity index (χ1) is 17.5. The van der Waals surface area contributed by atoms with Crippen molar-refractivity contribution in [2.24, 2.45) is 11.1 Å². The summed E-state index contributed by atoms with van der Waals surface area (Å²) in [6.07, 6.45) is 0.715. The molecular formula is C28H27Br2N3O4. The van der Waals surface area contributed by atoms with E-state index in [1.165, 1.54) is 4.90 Å². The third-order valence-electron chi connectivity index (χ3n) is 7.29. The largest absolute Gasteiger partial charge is 0.462 e. The van der Waals surface area contributed by atoms with Gasteiger partial charge in [-0.1, -0.05) is 48.0 Å². The van der Waals surface area contributed by atoms with Crippen LogP contribution in [0.15, 0.2) is 74.1 Å². The molecule has 37 heavy (non-hydrogen) atoms. The minimum Gasteiger partial charge on any atom is -0.462 e. The number of carbonyl (C=O) groups is 3.